The number of hydrogen-bond donors (Lipinski definition) is 0. The molecular formula is C18H25NO2. The van der Waals surface area contributed by atoms with E-state index in [1.165, 1.54) is 5.56 Å². The molecule has 0 N–H and O–H groups in total. The minimum Gasteiger partial charge on any atom is -0.463 e. The van der Waals surface area contributed by atoms with Gasteiger partial charge in [0.1, 0.15) is 0 Å². The van der Waals surface area contributed by atoms with Gasteiger partial charge in [-0.2, -0.15) is 0 Å². The summed E-state index contributed by atoms with van der Waals surface area (Å²) >= 11 is 0. The molecule has 114 valence electrons. The normalized spacial score (nSPS) is 13.5. The molecule has 0 unspecified atom stereocenters. The fraction of sp³-hybridized carbons (Fsp3) is 0.389. The van der Waals surface area contributed by atoms with E-state index in [1.807, 2.05) is 31.3 Å². The number of rotatable bonds is 8. The third-order valence-corrected chi connectivity index (χ3v) is 3.49. The summed E-state index contributed by atoms with van der Waals surface area (Å²) in [4.78, 5) is 13.8. The van der Waals surface area contributed by atoms with Crippen LogP contribution in [0.1, 0.15) is 25.5 Å². The summed E-state index contributed by atoms with van der Waals surface area (Å²) < 4.78 is 4.99. The first kappa shape index (κ1) is 17.2. The van der Waals surface area contributed by atoms with Crippen molar-refractivity contribution in [2.24, 2.45) is 5.92 Å². The van der Waals surface area contributed by atoms with Gasteiger partial charge in [-0.3, -0.25) is 4.90 Å². The number of hydrogen-bond acceptors (Lipinski definition) is 3. The highest BCUT2D eigenvalue weighted by Gasteiger charge is 2.23. The van der Waals surface area contributed by atoms with E-state index in [0.717, 1.165) is 0 Å². The average molecular weight is 287 g/mol. The highest BCUT2D eigenvalue weighted by atomic mass is 16.5. The first-order valence-corrected chi connectivity index (χ1v) is 7.23. The van der Waals surface area contributed by atoms with E-state index in [9.17, 15) is 4.79 Å². The molecule has 1 aromatic rings. The van der Waals surface area contributed by atoms with Gasteiger partial charge in [-0.05, 0) is 25.5 Å². The van der Waals surface area contributed by atoms with Crippen LogP contribution in [0, 0.1) is 5.92 Å². The van der Waals surface area contributed by atoms with E-state index in [4.69, 9.17) is 4.74 Å². The molecular weight excluding hydrogens is 262 g/mol. The standard InChI is InChI=1S/C18H25NO2/c1-6-14(3)17(16-11-9-8-10-12-16)19(5)13-15(4)18(20)21-7-2/h6,8-12,14,17H,1,4,7,13H2,2-3,5H3/t14-,17-/m0/s1. The fourth-order valence-electron chi connectivity index (χ4n) is 2.44. The molecule has 3 nitrogen and oxygen atoms in total. The highest BCUT2D eigenvalue weighted by Crippen LogP contribution is 2.28. The lowest BCUT2D eigenvalue weighted by Crippen LogP contribution is -2.32. The summed E-state index contributed by atoms with van der Waals surface area (Å²) in [5.41, 5.74) is 1.67. The van der Waals surface area contributed by atoms with E-state index in [2.05, 4.69) is 37.1 Å². The Bertz CT molecular complexity index is 481. The van der Waals surface area contributed by atoms with Crippen LogP contribution >= 0.6 is 0 Å². The van der Waals surface area contributed by atoms with Gasteiger partial charge in [0.15, 0.2) is 0 Å². The van der Waals surface area contributed by atoms with E-state index in [-0.39, 0.29) is 17.9 Å². The molecule has 0 saturated carbocycles. The van der Waals surface area contributed by atoms with Crippen molar-refractivity contribution < 1.29 is 9.53 Å². The zero-order chi connectivity index (χ0) is 15.8. The molecule has 0 spiro atoms. The van der Waals surface area contributed by atoms with Crippen molar-refractivity contribution in [1.82, 2.24) is 4.90 Å². The maximum atomic E-state index is 11.7. The zero-order valence-corrected chi connectivity index (χ0v) is 13.2. The van der Waals surface area contributed by atoms with Crippen LogP contribution in [0.25, 0.3) is 0 Å². The summed E-state index contributed by atoms with van der Waals surface area (Å²) in [5.74, 6) is -0.0742. The number of carbonyl (C=O) groups is 1. The second-order valence-electron chi connectivity index (χ2n) is 5.19. The Morgan fingerprint density at radius 3 is 2.52 bits per heavy atom. The van der Waals surface area contributed by atoms with Crippen molar-refractivity contribution >= 4 is 5.97 Å². The zero-order valence-electron chi connectivity index (χ0n) is 13.2. The lowest BCUT2D eigenvalue weighted by Gasteiger charge is -2.32. The van der Waals surface area contributed by atoms with Crippen LogP contribution in [0.5, 0.6) is 0 Å². The van der Waals surface area contributed by atoms with Crippen LogP contribution in [-0.4, -0.2) is 31.1 Å². The van der Waals surface area contributed by atoms with Crippen molar-refractivity contribution in [2.75, 3.05) is 20.2 Å². The SMILES string of the molecule is C=C[C@H](C)[C@@H](c1ccccc1)N(C)CC(=C)C(=O)OCC. The van der Waals surface area contributed by atoms with Gasteiger partial charge < -0.3 is 4.74 Å². The molecule has 0 heterocycles. The second-order valence-corrected chi connectivity index (χ2v) is 5.19. The molecule has 21 heavy (non-hydrogen) atoms. The van der Waals surface area contributed by atoms with Crippen LogP contribution < -0.4 is 0 Å². The first-order chi connectivity index (χ1) is 10.0. The molecule has 0 amide bonds. The van der Waals surface area contributed by atoms with E-state index in [0.29, 0.717) is 18.7 Å². The summed E-state index contributed by atoms with van der Waals surface area (Å²) in [6.45, 7) is 12.5. The number of benzene rings is 1. The minimum absolute atomic E-state index is 0.148. The molecule has 0 fully saturated rings. The van der Waals surface area contributed by atoms with Crippen molar-refractivity contribution in [3.8, 4) is 0 Å². The number of nitrogens with zero attached hydrogens (tertiary/aromatic N) is 1. The van der Waals surface area contributed by atoms with Crippen molar-refractivity contribution in [3.05, 3.63) is 60.7 Å². The monoisotopic (exact) mass is 287 g/mol. The summed E-state index contributed by atoms with van der Waals surface area (Å²) in [6.07, 6.45) is 1.93. The third-order valence-electron chi connectivity index (χ3n) is 3.49. The Balaban J connectivity index is 2.87. The highest BCUT2D eigenvalue weighted by molar-refractivity contribution is 5.88. The molecule has 1 aromatic carbocycles. The molecule has 0 radical (unpaired) electrons. The van der Waals surface area contributed by atoms with Crippen molar-refractivity contribution in [2.45, 2.75) is 19.9 Å². The van der Waals surface area contributed by atoms with Crippen molar-refractivity contribution in [3.63, 3.8) is 0 Å². The van der Waals surface area contributed by atoms with Crippen LogP contribution in [0.2, 0.25) is 0 Å². The number of carbonyl (C=O) groups excluding carboxylic acids is 1. The minimum atomic E-state index is -0.331. The van der Waals surface area contributed by atoms with Crippen molar-refractivity contribution in [1.29, 1.82) is 0 Å². The van der Waals surface area contributed by atoms with Crippen LogP contribution in [0.15, 0.2) is 55.1 Å². The number of esters is 1. The predicted molar refractivity (Wildman–Crippen MR) is 86.9 cm³/mol. The molecule has 2 atom stereocenters. The summed E-state index contributed by atoms with van der Waals surface area (Å²) in [7, 11) is 1.99. The Labute approximate surface area is 127 Å². The van der Waals surface area contributed by atoms with Gasteiger partial charge in [0.25, 0.3) is 0 Å². The lowest BCUT2D eigenvalue weighted by molar-refractivity contribution is -0.138. The molecule has 0 bridgehead atoms. The van der Waals surface area contributed by atoms with Gasteiger partial charge in [-0.1, -0.05) is 49.9 Å². The second kappa shape index (κ2) is 8.42. The van der Waals surface area contributed by atoms with Gasteiger partial charge in [-0.25, -0.2) is 4.79 Å². The summed E-state index contributed by atoms with van der Waals surface area (Å²) in [6, 6.07) is 10.4. The average Bonchev–Trinajstić information content (AvgIpc) is 2.48. The van der Waals surface area contributed by atoms with Gasteiger partial charge in [-0.15, -0.1) is 6.58 Å². The van der Waals surface area contributed by atoms with E-state index in [1.54, 1.807) is 6.92 Å². The predicted octanol–water partition coefficient (Wildman–Crippen LogP) is 3.60. The van der Waals surface area contributed by atoms with Crippen LogP contribution in [-0.2, 0) is 9.53 Å². The summed E-state index contributed by atoms with van der Waals surface area (Å²) in [5, 5.41) is 0. The topological polar surface area (TPSA) is 29.5 Å². The van der Waals surface area contributed by atoms with E-state index < -0.39 is 0 Å². The molecule has 0 aliphatic rings. The maximum Gasteiger partial charge on any atom is 0.334 e. The Hall–Kier alpha value is -1.87. The number of ether oxygens (including phenoxy) is 1. The molecule has 0 aliphatic heterocycles. The Morgan fingerprint density at radius 2 is 2.00 bits per heavy atom. The molecule has 0 aliphatic carbocycles. The van der Waals surface area contributed by atoms with Gasteiger partial charge in [0, 0.05) is 18.2 Å². The number of likely N-dealkylation sites (N-methyl/N-ethyl adjacent to an activating group) is 1. The van der Waals surface area contributed by atoms with Gasteiger partial charge >= 0.3 is 5.97 Å². The van der Waals surface area contributed by atoms with E-state index >= 15 is 0 Å². The Morgan fingerprint density at radius 1 is 1.38 bits per heavy atom. The molecule has 0 saturated heterocycles. The fourth-order valence-corrected chi connectivity index (χ4v) is 2.44. The molecule has 0 aromatic heterocycles. The molecule has 3 heteroatoms. The molecule has 1 rings (SSSR count). The van der Waals surface area contributed by atoms with Crippen LogP contribution in [0.3, 0.4) is 0 Å². The lowest BCUT2D eigenvalue weighted by atomic mass is 9.93. The maximum absolute atomic E-state index is 11.7. The van der Waals surface area contributed by atoms with Gasteiger partial charge in [0.2, 0.25) is 0 Å². The quantitative estimate of drug-likeness (QED) is 0.415. The van der Waals surface area contributed by atoms with Gasteiger partial charge in [0.05, 0.1) is 6.61 Å². The largest absolute Gasteiger partial charge is 0.463 e. The first-order valence-electron chi connectivity index (χ1n) is 7.23. The smallest absolute Gasteiger partial charge is 0.334 e. The third kappa shape index (κ3) is 4.87. The van der Waals surface area contributed by atoms with Crippen LogP contribution in [0.4, 0.5) is 0 Å². The Kier molecular flexibility index (Phi) is 6.89.